The van der Waals surface area contributed by atoms with Gasteiger partial charge in [0.15, 0.2) is 0 Å². The highest BCUT2D eigenvalue weighted by Gasteiger charge is 2.14. The van der Waals surface area contributed by atoms with Crippen molar-refractivity contribution < 1.29 is 10.2 Å². The number of hydrogen-bond donors (Lipinski definition) is 3. The fourth-order valence-electron chi connectivity index (χ4n) is 1.61. The maximum atomic E-state index is 9.70. The van der Waals surface area contributed by atoms with E-state index in [9.17, 15) is 5.11 Å². The number of nitrogens with one attached hydrogen (secondary N) is 1. The van der Waals surface area contributed by atoms with Gasteiger partial charge >= 0.3 is 0 Å². The van der Waals surface area contributed by atoms with E-state index >= 15 is 0 Å². The molecule has 15 heavy (non-hydrogen) atoms. The Morgan fingerprint density at radius 3 is 2.53 bits per heavy atom. The van der Waals surface area contributed by atoms with Crippen molar-refractivity contribution in [1.82, 2.24) is 5.32 Å². The molecule has 3 N–H and O–H groups in total. The van der Waals surface area contributed by atoms with Crippen molar-refractivity contribution in [2.45, 2.75) is 32.4 Å². The maximum absolute atomic E-state index is 9.70. The molecule has 84 valence electrons. The van der Waals surface area contributed by atoms with Gasteiger partial charge in [-0.2, -0.15) is 0 Å². The first-order chi connectivity index (χ1) is 7.19. The zero-order valence-electron chi connectivity index (χ0n) is 9.27. The van der Waals surface area contributed by atoms with Crippen LogP contribution in [0.1, 0.15) is 31.9 Å². The van der Waals surface area contributed by atoms with Crippen molar-refractivity contribution in [2.75, 3.05) is 6.61 Å². The van der Waals surface area contributed by atoms with Gasteiger partial charge in [-0.1, -0.05) is 25.1 Å². The molecule has 1 aromatic carbocycles. The number of aromatic hydroxyl groups is 1. The molecule has 3 nitrogen and oxygen atoms in total. The van der Waals surface area contributed by atoms with Crippen LogP contribution in [0.4, 0.5) is 0 Å². The molecule has 3 heteroatoms. The second kappa shape index (κ2) is 5.73. The molecule has 1 rings (SSSR count). The standard InChI is InChI=1S/C12H19NO2/c1-3-11(13-9(2)8-14)10-6-4-5-7-12(10)15/h4-7,9,11,13-15H,3,8H2,1-2H3. The van der Waals surface area contributed by atoms with E-state index < -0.39 is 0 Å². The van der Waals surface area contributed by atoms with Crippen LogP contribution < -0.4 is 5.32 Å². The normalized spacial score (nSPS) is 14.9. The van der Waals surface area contributed by atoms with Gasteiger partial charge in [0.2, 0.25) is 0 Å². The Morgan fingerprint density at radius 2 is 2.00 bits per heavy atom. The predicted molar refractivity (Wildman–Crippen MR) is 60.8 cm³/mol. The summed E-state index contributed by atoms with van der Waals surface area (Å²) < 4.78 is 0. The van der Waals surface area contributed by atoms with Gasteiger partial charge in [0.1, 0.15) is 5.75 Å². The number of rotatable bonds is 5. The highest BCUT2D eigenvalue weighted by Crippen LogP contribution is 2.25. The second-order valence-corrected chi connectivity index (χ2v) is 3.77. The Bertz CT molecular complexity index is 301. The summed E-state index contributed by atoms with van der Waals surface area (Å²) in [5, 5.41) is 21.9. The smallest absolute Gasteiger partial charge is 0.120 e. The van der Waals surface area contributed by atoms with E-state index in [0.29, 0.717) is 5.75 Å². The molecule has 0 aliphatic carbocycles. The van der Waals surface area contributed by atoms with E-state index in [2.05, 4.69) is 5.32 Å². The Balaban J connectivity index is 2.78. The van der Waals surface area contributed by atoms with Crippen molar-refractivity contribution in [2.24, 2.45) is 0 Å². The molecule has 0 amide bonds. The lowest BCUT2D eigenvalue weighted by Crippen LogP contribution is -2.32. The van der Waals surface area contributed by atoms with Gasteiger partial charge in [-0.25, -0.2) is 0 Å². The number of aliphatic hydroxyl groups excluding tert-OH is 1. The minimum absolute atomic E-state index is 0.0366. The summed E-state index contributed by atoms with van der Waals surface area (Å²) in [4.78, 5) is 0. The summed E-state index contributed by atoms with van der Waals surface area (Å²) in [7, 11) is 0. The molecule has 0 spiro atoms. The molecule has 0 fully saturated rings. The lowest BCUT2D eigenvalue weighted by molar-refractivity contribution is 0.239. The van der Waals surface area contributed by atoms with E-state index in [1.54, 1.807) is 12.1 Å². The quantitative estimate of drug-likeness (QED) is 0.693. The van der Waals surface area contributed by atoms with Gasteiger partial charge in [-0.3, -0.25) is 0 Å². The molecule has 0 aliphatic heterocycles. The van der Waals surface area contributed by atoms with E-state index in [4.69, 9.17) is 5.11 Å². The van der Waals surface area contributed by atoms with Crippen molar-refractivity contribution >= 4 is 0 Å². The van der Waals surface area contributed by atoms with Crippen LogP contribution in [0.15, 0.2) is 24.3 Å². The van der Waals surface area contributed by atoms with Crippen LogP contribution in [0.2, 0.25) is 0 Å². The summed E-state index contributed by atoms with van der Waals surface area (Å²) in [5.41, 5.74) is 0.889. The molecule has 1 aromatic rings. The average Bonchev–Trinajstić information content (AvgIpc) is 2.26. The second-order valence-electron chi connectivity index (χ2n) is 3.77. The molecule has 0 saturated carbocycles. The highest BCUT2D eigenvalue weighted by molar-refractivity contribution is 5.34. The van der Waals surface area contributed by atoms with Crippen LogP contribution in [-0.2, 0) is 0 Å². The molecule has 0 heterocycles. The Labute approximate surface area is 90.8 Å². The van der Waals surface area contributed by atoms with Crippen molar-refractivity contribution in [3.05, 3.63) is 29.8 Å². The Kier molecular flexibility index (Phi) is 4.59. The number of phenolic OH excluding ortho intramolecular Hbond substituents is 1. The SMILES string of the molecule is CCC(NC(C)CO)c1ccccc1O. The van der Waals surface area contributed by atoms with Crippen LogP contribution in [0.5, 0.6) is 5.75 Å². The number of para-hydroxylation sites is 1. The summed E-state index contributed by atoms with van der Waals surface area (Å²) in [5.74, 6) is 0.307. The van der Waals surface area contributed by atoms with E-state index in [0.717, 1.165) is 12.0 Å². The molecular weight excluding hydrogens is 190 g/mol. The maximum Gasteiger partial charge on any atom is 0.120 e. The van der Waals surface area contributed by atoms with Crippen LogP contribution in [0.3, 0.4) is 0 Å². The van der Waals surface area contributed by atoms with Crippen LogP contribution >= 0.6 is 0 Å². The highest BCUT2D eigenvalue weighted by atomic mass is 16.3. The number of hydrogen-bond acceptors (Lipinski definition) is 3. The minimum Gasteiger partial charge on any atom is -0.508 e. The zero-order chi connectivity index (χ0) is 11.3. The van der Waals surface area contributed by atoms with Gasteiger partial charge < -0.3 is 15.5 Å². The third-order valence-electron chi connectivity index (χ3n) is 2.48. The summed E-state index contributed by atoms with van der Waals surface area (Å²) in [6.07, 6.45) is 0.877. The molecule has 0 bridgehead atoms. The molecule has 2 atom stereocenters. The monoisotopic (exact) mass is 209 g/mol. The summed E-state index contributed by atoms with van der Waals surface area (Å²) in [6, 6.07) is 7.43. The fraction of sp³-hybridized carbons (Fsp3) is 0.500. The fourth-order valence-corrected chi connectivity index (χ4v) is 1.61. The van der Waals surface area contributed by atoms with Gasteiger partial charge in [0.05, 0.1) is 6.61 Å². The number of phenols is 1. The van der Waals surface area contributed by atoms with E-state index in [-0.39, 0.29) is 18.7 Å². The molecule has 2 unspecified atom stereocenters. The zero-order valence-corrected chi connectivity index (χ0v) is 9.27. The van der Waals surface area contributed by atoms with Crippen LogP contribution in [-0.4, -0.2) is 22.9 Å². The average molecular weight is 209 g/mol. The first kappa shape index (κ1) is 12.0. The van der Waals surface area contributed by atoms with Gasteiger partial charge in [-0.15, -0.1) is 0 Å². The van der Waals surface area contributed by atoms with Gasteiger partial charge in [-0.05, 0) is 19.4 Å². The Morgan fingerprint density at radius 1 is 1.33 bits per heavy atom. The number of benzene rings is 1. The molecule has 0 radical (unpaired) electrons. The van der Waals surface area contributed by atoms with Crippen molar-refractivity contribution in [3.8, 4) is 5.75 Å². The third kappa shape index (κ3) is 3.22. The largest absolute Gasteiger partial charge is 0.508 e. The van der Waals surface area contributed by atoms with E-state index in [1.165, 1.54) is 0 Å². The van der Waals surface area contributed by atoms with Gasteiger partial charge in [0.25, 0.3) is 0 Å². The third-order valence-corrected chi connectivity index (χ3v) is 2.48. The van der Waals surface area contributed by atoms with Crippen LogP contribution in [0.25, 0.3) is 0 Å². The number of aliphatic hydroxyl groups is 1. The molecule has 0 aliphatic rings. The molecule has 0 saturated heterocycles. The molecular formula is C12H19NO2. The molecule has 0 aromatic heterocycles. The van der Waals surface area contributed by atoms with Crippen molar-refractivity contribution in [3.63, 3.8) is 0 Å². The summed E-state index contributed by atoms with van der Waals surface area (Å²) in [6.45, 7) is 4.07. The summed E-state index contributed by atoms with van der Waals surface area (Å²) >= 11 is 0. The van der Waals surface area contributed by atoms with Gasteiger partial charge in [0, 0.05) is 17.6 Å². The first-order valence-corrected chi connectivity index (χ1v) is 5.33. The van der Waals surface area contributed by atoms with Crippen molar-refractivity contribution in [1.29, 1.82) is 0 Å². The topological polar surface area (TPSA) is 52.5 Å². The predicted octanol–water partition coefficient (Wildman–Crippen LogP) is 1.81. The van der Waals surface area contributed by atoms with Crippen LogP contribution in [0, 0.1) is 0 Å². The lowest BCUT2D eigenvalue weighted by atomic mass is 10.0. The lowest BCUT2D eigenvalue weighted by Gasteiger charge is -2.22. The Hall–Kier alpha value is -1.06. The first-order valence-electron chi connectivity index (χ1n) is 5.33. The van der Waals surface area contributed by atoms with E-state index in [1.807, 2.05) is 26.0 Å². The minimum atomic E-state index is 0.0366.